The second-order valence-corrected chi connectivity index (χ2v) is 10.7. The molecule has 1 saturated heterocycles. The Balaban J connectivity index is 1.84. The van der Waals surface area contributed by atoms with Crippen molar-refractivity contribution in [3.63, 3.8) is 0 Å². The van der Waals surface area contributed by atoms with Gasteiger partial charge in [-0.05, 0) is 63.9 Å². The Labute approximate surface area is 212 Å². The molecule has 0 spiro atoms. The fraction of sp³-hybridized carbons (Fsp3) is 0.400. The van der Waals surface area contributed by atoms with E-state index in [9.17, 15) is 9.59 Å². The van der Waals surface area contributed by atoms with Crippen molar-refractivity contribution in [1.82, 2.24) is 14.5 Å². The Morgan fingerprint density at radius 1 is 1.23 bits per heavy atom. The van der Waals surface area contributed by atoms with Crippen LogP contribution in [0.1, 0.15) is 38.3 Å². The van der Waals surface area contributed by atoms with Crippen molar-refractivity contribution in [3.05, 3.63) is 67.9 Å². The normalized spacial score (nSPS) is 18.2. The predicted molar refractivity (Wildman–Crippen MR) is 136 cm³/mol. The molecule has 0 radical (unpaired) electrons. The summed E-state index contributed by atoms with van der Waals surface area (Å²) in [5.74, 6) is -0.547. The maximum Gasteiger partial charge on any atom is 0.410 e. The van der Waals surface area contributed by atoms with Crippen LogP contribution >= 0.6 is 23.2 Å². The van der Waals surface area contributed by atoms with E-state index in [1.807, 2.05) is 0 Å². The van der Waals surface area contributed by atoms with E-state index in [-0.39, 0.29) is 27.7 Å². The Morgan fingerprint density at radius 3 is 2.63 bits per heavy atom. The number of aromatic nitrogens is 2. The van der Waals surface area contributed by atoms with Crippen LogP contribution in [0.3, 0.4) is 0 Å². The molecule has 1 atom stereocenters. The summed E-state index contributed by atoms with van der Waals surface area (Å²) in [6, 6.07) is 6.18. The van der Waals surface area contributed by atoms with Crippen LogP contribution in [-0.2, 0) is 17.3 Å². The number of rotatable bonds is 3. The lowest BCUT2D eigenvalue weighted by Crippen LogP contribution is -2.42. The Hall–Kier alpha value is -2.84. The van der Waals surface area contributed by atoms with Crippen molar-refractivity contribution in [2.45, 2.75) is 45.3 Å². The van der Waals surface area contributed by atoms with Crippen LogP contribution in [0, 0.1) is 12.7 Å². The topological polar surface area (TPSA) is 76.5 Å². The molecule has 0 aliphatic carbocycles. The number of hydrogen-bond acceptors (Lipinski definition) is 5. The molecule has 0 bridgehead atoms. The van der Waals surface area contributed by atoms with E-state index in [0.717, 1.165) is 0 Å². The summed E-state index contributed by atoms with van der Waals surface area (Å²) < 4.78 is 22.3. The van der Waals surface area contributed by atoms with Gasteiger partial charge in [0.25, 0.3) is 5.56 Å². The molecule has 1 aromatic heterocycles. The van der Waals surface area contributed by atoms with Crippen LogP contribution in [0.2, 0.25) is 10.0 Å². The van der Waals surface area contributed by atoms with Crippen molar-refractivity contribution in [2.75, 3.05) is 18.4 Å². The van der Waals surface area contributed by atoms with Crippen LogP contribution in [0.25, 0.3) is 10.9 Å². The number of hydrogen-bond donors (Lipinski definition) is 1. The molecule has 2 heterocycles. The largest absolute Gasteiger partial charge is 0.444 e. The summed E-state index contributed by atoms with van der Waals surface area (Å²) in [6.45, 7) is 7.55. The van der Waals surface area contributed by atoms with E-state index in [1.54, 1.807) is 46.9 Å². The number of amides is 1. The molecule has 1 amide bonds. The summed E-state index contributed by atoms with van der Waals surface area (Å²) in [6.07, 6.45) is 1.30. The summed E-state index contributed by atoms with van der Waals surface area (Å²) in [4.78, 5) is 31.6. The number of aryl methyl sites for hydroxylation is 2. The van der Waals surface area contributed by atoms with E-state index in [1.165, 1.54) is 27.9 Å². The van der Waals surface area contributed by atoms with Crippen LogP contribution in [0.5, 0.6) is 0 Å². The minimum atomic E-state index is -1.12. The smallest absolute Gasteiger partial charge is 0.410 e. The van der Waals surface area contributed by atoms with E-state index in [0.29, 0.717) is 35.1 Å². The molecule has 1 aliphatic rings. The van der Waals surface area contributed by atoms with Crippen molar-refractivity contribution in [1.29, 1.82) is 0 Å². The molecule has 10 heteroatoms. The van der Waals surface area contributed by atoms with Gasteiger partial charge in [-0.2, -0.15) is 0 Å². The number of anilines is 1. The van der Waals surface area contributed by atoms with Crippen LogP contribution in [0.15, 0.2) is 35.4 Å². The Morgan fingerprint density at radius 2 is 1.94 bits per heavy atom. The summed E-state index contributed by atoms with van der Waals surface area (Å²) >= 11 is 12.8. The highest BCUT2D eigenvalue weighted by Crippen LogP contribution is 2.44. The zero-order valence-electron chi connectivity index (χ0n) is 20.2. The van der Waals surface area contributed by atoms with Gasteiger partial charge in [-0.25, -0.2) is 14.2 Å². The number of benzene rings is 2. The van der Waals surface area contributed by atoms with E-state index in [2.05, 4.69) is 10.3 Å². The number of ether oxygens (including phenoxy) is 1. The molecule has 7 nitrogen and oxygen atoms in total. The molecule has 4 rings (SSSR count). The SMILES string of the molecule is Cc1c(NC2(c3c(F)ccc(Cl)c3Cl)CCN(C(=O)OC(C)(C)C)C2)ccc2ncn(C)c(=O)c12. The van der Waals surface area contributed by atoms with Gasteiger partial charge in [0.05, 0.1) is 39.4 Å². The molecule has 1 aliphatic heterocycles. The first-order valence-corrected chi connectivity index (χ1v) is 11.9. The highest BCUT2D eigenvalue weighted by molar-refractivity contribution is 6.42. The van der Waals surface area contributed by atoms with Gasteiger partial charge in [-0.15, -0.1) is 0 Å². The molecule has 1 unspecified atom stereocenters. The van der Waals surface area contributed by atoms with Crippen molar-refractivity contribution < 1.29 is 13.9 Å². The fourth-order valence-corrected chi connectivity index (χ4v) is 4.96. The van der Waals surface area contributed by atoms with Gasteiger partial charge in [0.1, 0.15) is 11.4 Å². The quantitative estimate of drug-likeness (QED) is 0.452. The Kier molecular flexibility index (Phi) is 6.49. The van der Waals surface area contributed by atoms with Crippen LogP contribution in [0.4, 0.5) is 14.9 Å². The minimum absolute atomic E-state index is 0.0706. The van der Waals surface area contributed by atoms with E-state index >= 15 is 4.39 Å². The van der Waals surface area contributed by atoms with Gasteiger partial charge < -0.3 is 19.5 Å². The van der Waals surface area contributed by atoms with E-state index in [4.69, 9.17) is 27.9 Å². The highest BCUT2D eigenvalue weighted by atomic mass is 35.5. The summed E-state index contributed by atoms with van der Waals surface area (Å²) in [7, 11) is 1.63. The van der Waals surface area contributed by atoms with Gasteiger partial charge in [-0.3, -0.25) is 4.79 Å². The maximum atomic E-state index is 15.3. The van der Waals surface area contributed by atoms with Gasteiger partial charge in [0.2, 0.25) is 0 Å². The first-order chi connectivity index (χ1) is 16.3. The molecule has 3 aromatic rings. The lowest BCUT2D eigenvalue weighted by atomic mass is 9.87. The van der Waals surface area contributed by atoms with Gasteiger partial charge in [0.15, 0.2) is 0 Å². The molecule has 1 fully saturated rings. The molecular formula is C25H27Cl2FN4O3. The van der Waals surface area contributed by atoms with Crippen molar-refractivity contribution in [2.24, 2.45) is 7.05 Å². The summed E-state index contributed by atoms with van der Waals surface area (Å²) in [5.41, 5.74) is -0.0193. The van der Waals surface area contributed by atoms with Gasteiger partial charge in [0, 0.05) is 24.8 Å². The first-order valence-electron chi connectivity index (χ1n) is 11.2. The zero-order valence-corrected chi connectivity index (χ0v) is 21.7. The second kappa shape index (κ2) is 8.99. The lowest BCUT2D eigenvalue weighted by Gasteiger charge is -2.34. The number of fused-ring (bicyclic) bond motifs is 1. The monoisotopic (exact) mass is 520 g/mol. The number of nitrogens with zero attached hydrogens (tertiary/aromatic N) is 3. The third-order valence-electron chi connectivity index (χ3n) is 6.16. The average molecular weight is 521 g/mol. The first kappa shape index (κ1) is 25.3. The predicted octanol–water partition coefficient (Wildman–Crippen LogP) is 5.64. The number of halogens is 3. The minimum Gasteiger partial charge on any atom is -0.444 e. The molecule has 0 saturated carbocycles. The molecule has 35 heavy (non-hydrogen) atoms. The van der Waals surface area contributed by atoms with Crippen LogP contribution < -0.4 is 10.9 Å². The molecule has 186 valence electrons. The summed E-state index contributed by atoms with van der Waals surface area (Å²) in [5, 5.41) is 4.15. The van der Waals surface area contributed by atoms with E-state index < -0.39 is 23.1 Å². The standard InChI is InChI=1S/C25H27Cl2FN4O3/c1-14-17(8-9-18-19(14)22(33)31(5)13-29-18)30-25(20-16(28)7-6-15(26)21(20)27)10-11-32(12-25)23(34)35-24(2,3)4/h6-9,13,30H,10-12H2,1-5H3. The number of carbonyl (C=O) groups excluding carboxylic acids is 1. The molecule has 1 N–H and O–H groups in total. The number of likely N-dealkylation sites (tertiary alicyclic amines) is 1. The van der Waals surface area contributed by atoms with Gasteiger partial charge in [-0.1, -0.05) is 23.2 Å². The third-order valence-corrected chi connectivity index (χ3v) is 6.97. The number of nitrogens with one attached hydrogen (secondary N) is 1. The molecular weight excluding hydrogens is 494 g/mol. The highest BCUT2D eigenvalue weighted by Gasteiger charge is 2.46. The lowest BCUT2D eigenvalue weighted by molar-refractivity contribution is 0.0286. The number of carbonyl (C=O) groups is 1. The maximum absolute atomic E-state index is 15.3. The fourth-order valence-electron chi connectivity index (χ4n) is 4.47. The van der Waals surface area contributed by atoms with Crippen molar-refractivity contribution >= 4 is 45.9 Å². The van der Waals surface area contributed by atoms with Crippen molar-refractivity contribution in [3.8, 4) is 0 Å². The average Bonchev–Trinajstić information content (AvgIpc) is 3.19. The van der Waals surface area contributed by atoms with Crippen LogP contribution in [-0.4, -0.2) is 39.2 Å². The Bertz CT molecular complexity index is 1390. The third kappa shape index (κ3) is 4.69. The van der Waals surface area contributed by atoms with Gasteiger partial charge >= 0.3 is 6.09 Å². The second-order valence-electron chi connectivity index (χ2n) is 9.87. The zero-order chi connectivity index (χ0) is 25.7. The molecule has 2 aromatic carbocycles.